The Hall–Kier alpha value is -1.56. The molecule has 20 heavy (non-hydrogen) atoms. The molecule has 2 heterocycles. The summed E-state index contributed by atoms with van der Waals surface area (Å²) >= 11 is 0. The van der Waals surface area contributed by atoms with Gasteiger partial charge in [-0.1, -0.05) is 12.1 Å². The van der Waals surface area contributed by atoms with Gasteiger partial charge in [-0.05, 0) is 20.8 Å². The average molecular weight is 280 g/mol. The maximum Gasteiger partial charge on any atom is 0.191 e. The second-order valence-corrected chi connectivity index (χ2v) is 5.47. The van der Waals surface area contributed by atoms with E-state index in [1.54, 1.807) is 0 Å². The van der Waals surface area contributed by atoms with Crippen molar-refractivity contribution in [2.24, 2.45) is 10.7 Å². The summed E-state index contributed by atoms with van der Waals surface area (Å²) in [5.74, 6) is 1.71. The van der Waals surface area contributed by atoms with Gasteiger partial charge in [0.2, 0.25) is 0 Å². The summed E-state index contributed by atoms with van der Waals surface area (Å²) in [5, 5.41) is 3.98. The van der Waals surface area contributed by atoms with Crippen LogP contribution in [0.25, 0.3) is 0 Å². The molecule has 1 fully saturated rings. The van der Waals surface area contributed by atoms with Crippen LogP contribution in [-0.2, 0) is 4.74 Å². The third-order valence-corrected chi connectivity index (χ3v) is 3.67. The van der Waals surface area contributed by atoms with Crippen molar-refractivity contribution >= 4 is 5.96 Å². The number of aliphatic imine (C=N–C) groups is 1. The van der Waals surface area contributed by atoms with Crippen LogP contribution >= 0.6 is 0 Å². The van der Waals surface area contributed by atoms with E-state index in [4.69, 9.17) is 15.0 Å². The fraction of sp³-hybridized carbons (Fsp3) is 0.714. The highest BCUT2D eigenvalue weighted by atomic mass is 16.5. The molecule has 0 amide bonds. The zero-order chi connectivity index (χ0) is 14.7. The quantitative estimate of drug-likeness (QED) is 0.669. The van der Waals surface area contributed by atoms with Gasteiger partial charge in [0.25, 0.3) is 0 Å². The van der Waals surface area contributed by atoms with Crippen LogP contribution in [0.15, 0.2) is 9.52 Å². The average Bonchev–Trinajstić information content (AvgIpc) is 2.75. The standard InChI is InChI=1S/C14H24N4O2/c1-9(13-11(3)17-20-12(13)4)7-16-14(15)18-5-6-19-10(2)8-18/h9-10H,5-8H2,1-4H3,(H2,15,16). The van der Waals surface area contributed by atoms with Gasteiger partial charge in [0.15, 0.2) is 5.96 Å². The van der Waals surface area contributed by atoms with Crippen LogP contribution in [-0.4, -0.2) is 48.4 Å². The van der Waals surface area contributed by atoms with Crippen molar-refractivity contribution in [3.05, 3.63) is 17.0 Å². The van der Waals surface area contributed by atoms with E-state index in [-0.39, 0.29) is 12.0 Å². The monoisotopic (exact) mass is 280 g/mol. The van der Waals surface area contributed by atoms with Gasteiger partial charge in [0, 0.05) is 31.1 Å². The van der Waals surface area contributed by atoms with Crippen LogP contribution in [0.3, 0.4) is 0 Å². The Morgan fingerprint density at radius 1 is 1.55 bits per heavy atom. The Labute approximate surface area is 120 Å². The second-order valence-electron chi connectivity index (χ2n) is 5.47. The van der Waals surface area contributed by atoms with Crippen LogP contribution in [0.2, 0.25) is 0 Å². The fourth-order valence-electron chi connectivity index (χ4n) is 2.64. The first kappa shape index (κ1) is 14.8. The zero-order valence-corrected chi connectivity index (χ0v) is 12.7. The topological polar surface area (TPSA) is 76.9 Å². The van der Waals surface area contributed by atoms with E-state index in [2.05, 4.69) is 22.0 Å². The lowest BCUT2D eigenvalue weighted by Crippen LogP contribution is -2.48. The highest BCUT2D eigenvalue weighted by molar-refractivity contribution is 5.78. The van der Waals surface area contributed by atoms with Crippen LogP contribution < -0.4 is 5.73 Å². The fourth-order valence-corrected chi connectivity index (χ4v) is 2.64. The van der Waals surface area contributed by atoms with Crippen molar-refractivity contribution in [2.45, 2.75) is 39.7 Å². The lowest BCUT2D eigenvalue weighted by molar-refractivity contribution is 0.00529. The summed E-state index contributed by atoms with van der Waals surface area (Å²) in [4.78, 5) is 6.59. The zero-order valence-electron chi connectivity index (χ0n) is 12.7. The van der Waals surface area contributed by atoms with Crippen LogP contribution in [0.5, 0.6) is 0 Å². The number of nitrogens with two attached hydrogens (primary N) is 1. The Morgan fingerprint density at radius 2 is 2.30 bits per heavy atom. The summed E-state index contributed by atoms with van der Waals surface area (Å²) < 4.78 is 10.7. The van der Waals surface area contributed by atoms with E-state index in [9.17, 15) is 0 Å². The van der Waals surface area contributed by atoms with E-state index in [0.717, 1.165) is 30.1 Å². The van der Waals surface area contributed by atoms with Gasteiger partial charge in [-0.25, -0.2) is 0 Å². The number of guanidine groups is 1. The van der Waals surface area contributed by atoms with Crippen molar-refractivity contribution in [3.8, 4) is 0 Å². The Balaban J connectivity index is 1.98. The number of ether oxygens (including phenoxy) is 1. The molecule has 2 atom stereocenters. The van der Waals surface area contributed by atoms with Gasteiger partial charge in [0.1, 0.15) is 5.76 Å². The lowest BCUT2D eigenvalue weighted by Gasteiger charge is -2.32. The van der Waals surface area contributed by atoms with Gasteiger partial charge in [-0.2, -0.15) is 0 Å². The molecule has 1 aromatic heterocycles. The Bertz CT molecular complexity index is 464. The molecule has 2 unspecified atom stereocenters. The van der Waals surface area contributed by atoms with E-state index in [1.807, 2.05) is 20.8 Å². The van der Waals surface area contributed by atoms with Crippen molar-refractivity contribution in [1.29, 1.82) is 0 Å². The van der Waals surface area contributed by atoms with Gasteiger partial charge in [-0.15, -0.1) is 0 Å². The predicted octanol–water partition coefficient (Wildman–Crippen LogP) is 1.43. The number of aromatic nitrogens is 1. The van der Waals surface area contributed by atoms with Crippen LogP contribution in [0.4, 0.5) is 0 Å². The molecule has 6 heteroatoms. The van der Waals surface area contributed by atoms with Gasteiger partial charge < -0.3 is 19.9 Å². The Morgan fingerprint density at radius 3 is 2.90 bits per heavy atom. The maximum atomic E-state index is 6.07. The smallest absolute Gasteiger partial charge is 0.191 e. The first-order valence-corrected chi connectivity index (χ1v) is 7.08. The molecule has 112 valence electrons. The first-order valence-electron chi connectivity index (χ1n) is 7.08. The van der Waals surface area contributed by atoms with Crippen molar-refractivity contribution in [1.82, 2.24) is 10.1 Å². The third-order valence-electron chi connectivity index (χ3n) is 3.67. The van der Waals surface area contributed by atoms with Gasteiger partial charge in [-0.3, -0.25) is 4.99 Å². The van der Waals surface area contributed by atoms with Gasteiger partial charge >= 0.3 is 0 Å². The molecule has 1 aromatic rings. The van der Waals surface area contributed by atoms with Gasteiger partial charge in [0.05, 0.1) is 18.4 Å². The number of aryl methyl sites for hydroxylation is 2. The molecule has 2 N–H and O–H groups in total. The molecule has 0 aromatic carbocycles. The van der Waals surface area contributed by atoms with Crippen molar-refractivity contribution in [2.75, 3.05) is 26.2 Å². The lowest BCUT2D eigenvalue weighted by atomic mass is 10.00. The summed E-state index contributed by atoms with van der Waals surface area (Å²) in [6.45, 7) is 11.0. The maximum absolute atomic E-state index is 6.07. The molecule has 0 spiro atoms. The minimum atomic E-state index is 0.206. The minimum Gasteiger partial charge on any atom is -0.375 e. The largest absolute Gasteiger partial charge is 0.375 e. The highest BCUT2D eigenvalue weighted by Crippen LogP contribution is 2.23. The number of rotatable bonds is 3. The van der Waals surface area contributed by atoms with E-state index in [1.165, 1.54) is 0 Å². The third kappa shape index (κ3) is 3.30. The van der Waals surface area contributed by atoms with E-state index >= 15 is 0 Å². The molecule has 6 nitrogen and oxygen atoms in total. The SMILES string of the molecule is Cc1noc(C)c1C(C)CN=C(N)N1CCOC(C)C1. The molecule has 1 saturated heterocycles. The van der Waals surface area contributed by atoms with Crippen LogP contribution in [0, 0.1) is 13.8 Å². The number of hydrogen-bond acceptors (Lipinski definition) is 4. The highest BCUT2D eigenvalue weighted by Gasteiger charge is 2.19. The molecule has 2 rings (SSSR count). The molecule has 0 aliphatic carbocycles. The summed E-state index contributed by atoms with van der Waals surface area (Å²) in [7, 11) is 0. The molecule has 0 bridgehead atoms. The first-order chi connectivity index (χ1) is 9.49. The molecule has 0 radical (unpaired) electrons. The number of nitrogens with zero attached hydrogens (tertiary/aromatic N) is 3. The van der Waals surface area contributed by atoms with E-state index in [0.29, 0.717) is 19.1 Å². The van der Waals surface area contributed by atoms with E-state index < -0.39 is 0 Å². The normalized spacial score (nSPS) is 22.1. The predicted molar refractivity (Wildman–Crippen MR) is 77.9 cm³/mol. The minimum absolute atomic E-state index is 0.206. The number of morpholine rings is 1. The van der Waals surface area contributed by atoms with Crippen molar-refractivity contribution in [3.63, 3.8) is 0 Å². The summed E-state index contributed by atoms with van der Waals surface area (Å²) in [5.41, 5.74) is 8.14. The second kappa shape index (κ2) is 6.26. The molecule has 1 aliphatic rings. The number of hydrogen-bond donors (Lipinski definition) is 1. The Kier molecular flexibility index (Phi) is 4.65. The summed E-state index contributed by atoms with van der Waals surface area (Å²) in [6, 6.07) is 0. The summed E-state index contributed by atoms with van der Waals surface area (Å²) in [6.07, 6.45) is 0.206. The van der Waals surface area contributed by atoms with Crippen LogP contribution in [0.1, 0.15) is 36.8 Å². The molecular formula is C14H24N4O2. The molecule has 0 saturated carbocycles. The van der Waals surface area contributed by atoms with Crippen molar-refractivity contribution < 1.29 is 9.26 Å². The molecular weight excluding hydrogens is 256 g/mol. The molecule has 1 aliphatic heterocycles.